The van der Waals surface area contributed by atoms with E-state index >= 15 is 0 Å². The van der Waals surface area contributed by atoms with Gasteiger partial charge in [0, 0.05) is 12.7 Å². The van der Waals surface area contributed by atoms with E-state index in [1.54, 1.807) is 12.3 Å². The van der Waals surface area contributed by atoms with Crippen molar-refractivity contribution in [2.24, 2.45) is 0 Å². The largest absolute Gasteiger partial charge is 0.315 e. The third-order valence-corrected chi connectivity index (χ3v) is 2.44. The van der Waals surface area contributed by atoms with Crippen LogP contribution in [0.3, 0.4) is 0 Å². The number of rotatable bonds is 2. The predicted octanol–water partition coefficient (Wildman–Crippen LogP) is 0.620. The molecule has 2 heterocycles. The van der Waals surface area contributed by atoms with Gasteiger partial charge in [0.15, 0.2) is 6.29 Å². The van der Waals surface area contributed by atoms with Crippen LogP contribution in [-0.4, -0.2) is 29.2 Å². The summed E-state index contributed by atoms with van der Waals surface area (Å²) in [6.45, 7) is 2.00. The Morgan fingerprint density at radius 1 is 1.69 bits per heavy atom. The standard InChI is InChI=1S/C9H13N3O/c13-7-9-3-5-11-12(9)8-2-1-4-10-6-8/h3,5,7-8,10H,1-2,4,6H2. The van der Waals surface area contributed by atoms with E-state index < -0.39 is 0 Å². The molecule has 0 spiro atoms. The van der Waals surface area contributed by atoms with E-state index in [9.17, 15) is 4.79 Å². The van der Waals surface area contributed by atoms with Crippen molar-refractivity contribution < 1.29 is 4.79 Å². The summed E-state index contributed by atoms with van der Waals surface area (Å²) in [6.07, 6.45) is 4.80. The molecular weight excluding hydrogens is 166 g/mol. The van der Waals surface area contributed by atoms with E-state index in [4.69, 9.17) is 0 Å². The molecule has 0 bridgehead atoms. The molecule has 0 radical (unpaired) electrons. The first-order valence-corrected chi connectivity index (χ1v) is 4.61. The highest BCUT2D eigenvalue weighted by atomic mass is 16.1. The fourth-order valence-electron chi connectivity index (χ4n) is 1.77. The third-order valence-electron chi connectivity index (χ3n) is 2.44. The fourth-order valence-corrected chi connectivity index (χ4v) is 1.77. The van der Waals surface area contributed by atoms with E-state index in [0.29, 0.717) is 11.7 Å². The maximum Gasteiger partial charge on any atom is 0.168 e. The van der Waals surface area contributed by atoms with Crippen molar-refractivity contribution in [3.05, 3.63) is 18.0 Å². The summed E-state index contributed by atoms with van der Waals surface area (Å²) in [7, 11) is 0. The lowest BCUT2D eigenvalue weighted by atomic mass is 10.1. The van der Waals surface area contributed by atoms with Crippen LogP contribution in [0.2, 0.25) is 0 Å². The molecule has 1 aliphatic rings. The van der Waals surface area contributed by atoms with Gasteiger partial charge in [0.05, 0.1) is 6.04 Å². The first-order chi connectivity index (χ1) is 6.42. The Balaban J connectivity index is 2.17. The molecule has 0 amide bonds. The van der Waals surface area contributed by atoms with E-state index in [1.807, 2.05) is 4.68 Å². The normalized spacial score (nSPS) is 22.9. The number of aromatic nitrogens is 2. The summed E-state index contributed by atoms with van der Waals surface area (Å²) in [4.78, 5) is 10.6. The summed E-state index contributed by atoms with van der Waals surface area (Å²) < 4.78 is 1.82. The SMILES string of the molecule is O=Cc1ccnn1C1CCCNC1. The Hall–Kier alpha value is -1.16. The second kappa shape index (κ2) is 3.70. The maximum atomic E-state index is 10.6. The highest BCUT2D eigenvalue weighted by Crippen LogP contribution is 2.16. The van der Waals surface area contributed by atoms with Crippen molar-refractivity contribution in [2.75, 3.05) is 13.1 Å². The monoisotopic (exact) mass is 179 g/mol. The van der Waals surface area contributed by atoms with Gasteiger partial charge in [0.2, 0.25) is 0 Å². The molecule has 4 heteroatoms. The maximum absolute atomic E-state index is 10.6. The smallest absolute Gasteiger partial charge is 0.168 e. The van der Waals surface area contributed by atoms with Gasteiger partial charge < -0.3 is 5.32 Å². The molecule has 0 aliphatic carbocycles. The van der Waals surface area contributed by atoms with Crippen molar-refractivity contribution in [3.8, 4) is 0 Å². The molecule has 1 aromatic rings. The quantitative estimate of drug-likeness (QED) is 0.677. The van der Waals surface area contributed by atoms with Crippen molar-refractivity contribution in [1.29, 1.82) is 0 Å². The molecule has 1 aromatic heterocycles. The van der Waals surface area contributed by atoms with Crippen LogP contribution < -0.4 is 5.32 Å². The van der Waals surface area contributed by atoms with E-state index in [-0.39, 0.29) is 0 Å². The summed E-state index contributed by atoms with van der Waals surface area (Å²) in [6, 6.07) is 2.10. The minimum Gasteiger partial charge on any atom is -0.315 e. The van der Waals surface area contributed by atoms with Gasteiger partial charge in [0.25, 0.3) is 0 Å². The topological polar surface area (TPSA) is 46.9 Å². The van der Waals surface area contributed by atoms with E-state index in [0.717, 1.165) is 32.2 Å². The average molecular weight is 179 g/mol. The molecule has 0 aromatic carbocycles. The van der Waals surface area contributed by atoms with Crippen LogP contribution in [-0.2, 0) is 0 Å². The second-order valence-electron chi connectivity index (χ2n) is 3.32. The van der Waals surface area contributed by atoms with Crippen molar-refractivity contribution in [1.82, 2.24) is 15.1 Å². The summed E-state index contributed by atoms with van der Waals surface area (Å²) in [5, 5.41) is 7.45. The van der Waals surface area contributed by atoms with Crippen LogP contribution in [0.1, 0.15) is 29.4 Å². The number of hydrogen-bond donors (Lipinski definition) is 1. The zero-order valence-electron chi connectivity index (χ0n) is 7.44. The molecule has 1 saturated heterocycles. The lowest BCUT2D eigenvalue weighted by molar-refractivity contribution is 0.111. The second-order valence-corrected chi connectivity index (χ2v) is 3.32. The Morgan fingerprint density at radius 3 is 3.31 bits per heavy atom. The minimum absolute atomic E-state index is 0.351. The molecule has 0 saturated carbocycles. The lowest BCUT2D eigenvalue weighted by Gasteiger charge is -2.23. The van der Waals surface area contributed by atoms with Crippen molar-refractivity contribution in [3.63, 3.8) is 0 Å². The van der Waals surface area contributed by atoms with Crippen LogP contribution >= 0.6 is 0 Å². The number of carbonyl (C=O) groups is 1. The van der Waals surface area contributed by atoms with Crippen LogP contribution in [0.5, 0.6) is 0 Å². The summed E-state index contributed by atoms with van der Waals surface area (Å²) in [5.74, 6) is 0. The molecule has 2 rings (SSSR count). The molecular formula is C9H13N3O. The van der Waals surface area contributed by atoms with Gasteiger partial charge in [-0.15, -0.1) is 0 Å². The van der Waals surface area contributed by atoms with Crippen molar-refractivity contribution in [2.45, 2.75) is 18.9 Å². The van der Waals surface area contributed by atoms with E-state index in [1.165, 1.54) is 0 Å². The number of nitrogens with one attached hydrogen (secondary N) is 1. The molecule has 4 nitrogen and oxygen atoms in total. The molecule has 1 unspecified atom stereocenters. The fraction of sp³-hybridized carbons (Fsp3) is 0.556. The van der Waals surface area contributed by atoms with Gasteiger partial charge in [-0.2, -0.15) is 5.10 Å². The zero-order valence-corrected chi connectivity index (χ0v) is 7.44. The molecule has 70 valence electrons. The van der Waals surface area contributed by atoms with Gasteiger partial charge in [-0.3, -0.25) is 9.48 Å². The number of hydrogen-bond acceptors (Lipinski definition) is 3. The van der Waals surface area contributed by atoms with Gasteiger partial charge in [-0.25, -0.2) is 0 Å². The Kier molecular flexibility index (Phi) is 2.40. The number of nitrogens with zero attached hydrogens (tertiary/aromatic N) is 2. The molecule has 1 fully saturated rings. The molecule has 13 heavy (non-hydrogen) atoms. The minimum atomic E-state index is 0.351. The summed E-state index contributed by atoms with van der Waals surface area (Å²) in [5.41, 5.74) is 0.675. The highest BCUT2D eigenvalue weighted by Gasteiger charge is 2.17. The molecule has 1 atom stereocenters. The summed E-state index contributed by atoms with van der Waals surface area (Å²) >= 11 is 0. The third kappa shape index (κ3) is 1.62. The van der Waals surface area contributed by atoms with E-state index in [2.05, 4.69) is 10.4 Å². The first kappa shape index (κ1) is 8.44. The van der Waals surface area contributed by atoms with Crippen LogP contribution in [0.4, 0.5) is 0 Å². The lowest BCUT2D eigenvalue weighted by Crippen LogP contribution is -2.32. The van der Waals surface area contributed by atoms with Gasteiger partial charge in [-0.05, 0) is 25.5 Å². The number of carbonyl (C=O) groups excluding carboxylic acids is 1. The van der Waals surface area contributed by atoms with Gasteiger partial charge in [-0.1, -0.05) is 0 Å². The van der Waals surface area contributed by atoms with Crippen LogP contribution in [0.25, 0.3) is 0 Å². The average Bonchev–Trinajstić information content (AvgIpc) is 2.67. The van der Waals surface area contributed by atoms with Crippen LogP contribution in [0.15, 0.2) is 12.3 Å². The Labute approximate surface area is 76.9 Å². The molecule has 1 N–H and O–H groups in total. The Morgan fingerprint density at radius 2 is 2.62 bits per heavy atom. The van der Waals surface area contributed by atoms with Crippen LogP contribution in [0, 0.1) is 0 Å². The zero-order chi connectivity index (χ0) is 9.10. The van der Waals surface area contributed by atoms with Crippen molar-refractivity contribution >= 4 is 6.29 Å². The highest BCUT2D eigenvalue weighted by molar-refractivity contribution is 5.71. The predicted molar refractivity (Wildman–Crippen MR) is 48.8 cm³/mol. The number of piperidine rings is 1. The Bertz CT molecular complexity index is 289. The number of aldehydes is 1. The van der Waals surface area contributed by atoms with Gasteiger partial charge >= 0.3 is 0 Å². The van der Waals surface area contributed by atoms with Gasteiger partial charge in [0.1, 0.15) is 5.69 Å². The first-order valence-electron chi connectivity index (χ1n) is 4.61. The molecule has 1 aliphatic heterocycles.